The van der Waals surface area contributed by atoms with Gasteiger partial charge in [-0.15, -0.1) is 0 Å². The summed E-state index contributed by atoms with van der Waals surface area (Å²) in [6.07, 6.45) is 9.12. The second-order valence-electron chi connectivity index (χ2n) is 7.89. The highest BCUT2D eigenvalue weighted by atomic mass is 35.5. The van der Waals surface area contributed by atoms with Gasteiger partial charge in [0.1, 0.15) is 11.3 Å². The lowest BCUT2D eigenvalue weighted by Crippen LogP contribution is -2.41. The van der Waals surface area contributed by atoms with Crippen LogP contribution in [0.15, 0.2) is 18.3 Å². The fourth-order valence-corrected chi connectivity index (χ4v) is 5.14. The summed E-state index contributed by atoms with van der Waals surface area (Å²) < 4.78 is 0. The predicted octanol–water partition coefficient (Wildman–Crippen LogP) is 2.17. The van der Waals surface area contributed by atoms with Gasteiger partial charge >= 0.3 is 0 Å². The van der Waals surface area contributed by atoms with Crippen LogP contribution in [0.4, 0.5) is 5.69 Å². The minimum atomic E-state index is -0.260. The first-order valence-corrected chi connectivity index (χ1v) is 9.98. The molecule has 5 N–H and O–H groups in total. The molecule has 1 saturated carbocycles. The first kappa shape index (κ1) is 17.0. The Balaban J connectivity index is 1.51. The summed E-state index contributed by atoms with van der Waals surface area (Å²) in [5.41, 5.74) is 7.91. The second kappa shape index (κ2) is 6.49. The molecule has 2 aromatic heterocycles. The fourth-order valence-electron chi connectivity index (χ4n) is 4.94. The van der Waals surface area contributed by atoms with E-state index in [0.717, 1.165) is 49.4 Å². The molecule has 0 radical (unpaired) electrons. The molecule has 142 valence electrons. The van der Waals surface area contributed by atoms with Crippen LogP contribution >= 0.6 is 11.6 Å². The number of aromatic amines is 1. The van der Waals surface area contributed by atoms with Crippen molar-refractivity contribution in [1.29, 1.82) is 0 Å². The number of imidazole rings is 1. The number of primary amides is 1. The minimum absolute atomic E-state index is 0.0521. The van der Waals surface area contributed by atoms with Crippen LogP contribution in [0.5, 0.6) is 0 Å². The monoisotopic (exact) mass is 386 g/mol. The molecule has 2 bridgehead atoms. The number of carbonyl (C=O) groups is 1. The number of rotatable bonds is 4. The number of H-pyrrole nitrogens is 1. The van der Waals surface area contributed by atoms with Crippen molar-refractivity contribution in [2.45, 2.75) is 31.2 Å². The Morgan fingerprint density at radius 2 is 2.19 bits per heavy atom. The summed E-state index contributed by atoms with van der Waals surface area (Å²) >= 11 is 6.49. The Kier molecular flexibility index (Phi) is 4.09. The van der Waals surface area contributed by atoms with E-state index in [1.54, 1.807) is 6.20 Å². The third kappa shape index (κ3) is 2.80. The number of carbonyl (C=O) groups excluding carboxylic acids is 1. The summed E-state index contributed by atoms with van der Waals surface area (Å²) in [5, 5.41) is 7.46. The van der Waals surface area contributed by atoms with Crippen molar-refractivity contribution in [2.75, 3.05) is 18.4 Å². The van der Waals surface area contributed by atoms with Crippen LogP contribution < -0.4 is 16.4 Å². The number of aromatic nitrogens is 3. The molecule has 3 aliphatic rings. The number of hydrogen-bond donors (Lipinski definition) is 4. The van der Waals surface area contributed by atoms with Gasteiger partial charge in [-0.3, -0.25) is 4.79 Å². The highest BCUT2D eigenvalue weighted by molar-refractivity contribution is 6.34. The highest BCUT2D eigenvalue weighted by Crippen LogP contribution is 2.46. The molecule has 0 aromatic carbocycles. The number of anilines is 1. The van der Waals surface area contributed by atoms with E-state index in [9.17, 15) is 4.79 Å². The van der Waals surface area contributed by atoms with E-state index in [0.29, 0.717) is 16.6 Å². The fraction of sp³-hybridized carbons (Fsp3) is 0.526. The molecule has 3 heterocycles. The molecule has 2 fully saturated rings. The normalized spacial score (nSPS) is 32.3. The van der Waals surface area contributed by atoms with Crippen molar-refractivity contribution in [3.63, 3.8) is 0 Å². The van der Waals surface area contributed by atoms with Gasteiger partial charge < -0.3 is 21.4 Å². The maximum atomic E-state index is 12.0. The molecular formula is C19H23ClN6O. The number of fused-ring (bicyclic) bond motifs is 3. The Morgan fingerprint density at radius 1 is 1.33 bits per heavy atom. The molecule has 1 saturated heterocycles. The summed E-state index contributed by atoms with van der Waals surface area (Å²) in [5.74, 6) is 1.31. The molecule has 5 atom stereocenters. The minimum Gasteiger partial charge on any atom is -0.378 e. The quantitative estimate of drug-likeness (QED) is 0.602. The van der Waals surface area contributed by atoms with E-state index in [1.165, 1.54) is 0 Å². The van der Waals surface area contributed by atoms with E-state index in [4.69, 9.17) is 22.3 Å². The molecule has 0 spiro atoms. The SMILES string of the molecule is NC(=O)[C@@H]1[C@H](Nc2c(Cl)cnc3nc(C4CCCNC4)[nH]c23)[C@@H]2C=C[C@@H]1C2. The standard InChI is InChI=1S/C19H23ClN6O/c20-12-8-23-19-16(25-18(26-19)11-2-1-5-22-7-11)15(12)24-14-10-4-3-9(6-10)13(14)17(21)27/h3-4,8-11,13-14,22H,1-2,5-7H2,(H2,21,27)(H2,23,24,25,26)/t9-,10-,11?,13+,14-/m1/s1. The number of piperidine rings is 1. The van der Waals surface area contributed by atoms with Crippen LogP contribution in [0.1, 0.15) is 31.0 Å². The van der Waals surface area contributed by atoms with Gasteiger partial charge in [-0.1, -0.05) is 23.8 Å². The second-order valence-corrected chi connectivity index (χ2v) is 8.30. The maximum Gasteiger partial charge on any atom is 0.223 e. The van der Waals surface area contributed by atoms with Crippen molar-refractivity contribution in [3.05, 3.63) is 29.2 Å². The molecule has 2 aliphatic carbocycles. The van der Waals surface area contributed by atoms with E-state index >= 15 is 0 Å². The first-order chi connectivity index (χ1) is 13.1. The molecule has 8 heteroatoms. The van der Waals surface area contributed by atoms with Gasteiger partial charge in [0.05, 0.1) is 22.8 Å². The summed E-state index contributed by atoms with van der Waals surface area (Å²) in [6, 6.07) is -0.0521. The van der Waals surface area contributed by atoms with Crippen molar-refractivity contribution in [1.82, 2.24) is 20.3 Å². The van der Waals surface area contributed by atoms with Crippen molar-refractivity contribution in [3.8, 4) is 0 Å². The van der Waals surface area contributed by atoms with Crippen LogP contribution in [0.2, 0.25) is 5.02 Å². The zero-order valence-electron chi connectivity index (χ0n) is 14.9. The van der Waals surface area contributed by atoms with Crippen molar-refractivity contribution < 1.29 is 4.79 Å². The molecular weight excluding hydrogens is 364 g/mol. The molecule has 1 aliphatic heterocycles. The third-order valence-corrected chi connectivity index (χ3v) is 6.56. The highest BCUT2D eigenvalue weighted by Gasteiger charge is 2.47. The molecule has 1 unspecified atom stereocenters. The Hall–Kier alpha value is -2.12. The van der Waals surface area contributed by atoms with Crippen LogP contribution in [-0.2, 0) is 4.79 Å². The number of nitrogens with zero attached hydrogens (tertiary/aromatic N) is 2. The van der Waals surface area contributed by atoms with E-state index in [1.807, 2.05) is 0 Å². The van der Waals surface area contributed by atoms with Gasteiger partial charge in [-0.2, -0.15) is 0 Å². The number of pyridine rings is 1. The zero-order valence-corrected chi connectivity index (χ0v) is 15.7. The van der Waals surface area contributed by atoms with E-state index in [2.05, 4.69) is 32.8 Å². The van der Waals surface area contributed by atoms with Gasteiger partial charge in [0.2, 0.25) is 5.91 Å². The van der Waals surface area contributed by atoms with Crippen molar-refractivity contribution >= 4 is 34.4 Å². The largest absolute Gasteiger partial charge is 0.378 e. The van der Waals surface area contributed by atoms with Gasteiger partial charge in [-0.05, 0) is 37.6 Å². The summed E-state index contributed by atoms with van der Waals surface area (Å²) in [6.45, 7) is 1.97. The zero-order chi connectivity index (χ0) is 18.5. The number of amides is 1. The summed E-state index contributed by atoms with van der Waals surface area (Å²) in [4.78, 5) is 24.6. The first-order valence-electron chi connectivity index (χ1n) is 9.61. The lowest BCUT2D eigenvalue weighted by Gasteiger charge is -2.28. The third-order valence-electron chi connectivity index (χ3n) is 6.27. The number of allylic oxidation sites excluding steroid dienone is 1. The predicted molar refractivity (Wildman–Crippen MR) is 105 cm³/mol. The van der Waals surface area contributed by atoms with E-state index < -0.39 is 0 Å². The van der Waals surface area contributed by atoms with Gasteiger partial charge in [-0.25, -0.2) is 9.97 Å². The van der Waals surface area contributed by atoms with Gasteiger partial charge in [0, 0.05) is 18.5 Å². The van der Waals surface area contributed by atoms with Crippen LogP contribution in [0.3, 0.4) is 0 Å². The molecule has 7 nitrogen and oxygen atoms in total. The van der Waals surface area contributed by atoms with Gasteiger partial charge in [0.25, 0.3) is 0 Å². The van der Waals surface area contributed by atoms with Crippen molar-refractivity contribution in [2.24, 2.45) is 23.5 Å². The average molecular weight is 387 g/mol. The smallest absolute Gasteiger partial charge is 0.223 e. The molecule has 5 rings (SSSR count). The molecule has 2 aromatic rings. The number of nitrogens with two attached hydrogens (primary N) is 1. The maximum absolute atomic E-state index is 12.0. The number of halogens is 1. The summed E-state index contributed by atoms with van der Waals surface area (Å²) in [7, 11) is 0. The molecule has 27 heavy (non-hydrogen) atoms. The molecule has 1 amide bonds. The lowest BCUT2D eigenvalue weighted by atomic mass is 9.88. The Morgan fingerprint density at radius 3 is 2.96 bits per heavy atom. The van der Waals surface area contributed by atoms with Crippen LogP contribution in [-0.4, -0.2) is 40.0 Å². The lowest BCUT2D eigenvalue weighted by molar-refractivity contribution is -0.122. The van der Waals surface area contributed by atoms with E-state index in [-0.39, 0.29) is 29.7 Å². The Labute approximate surface area is 162 Å². The number of nitrogens with one attached hydrogen (secondary N) is 3. The number of hydrogen-bond acceptors (Lipinski definition) is 5. The van der Waals surface area contributed by atoms with Crippen LogP contribution in [0.25, 0.3) is 11.2 Å². The van der Waals surface area contributed by atoms with Gasteiger partial charge in [0.15, 0.2) is 5.65 Å². The average Bonchev–Trinajstić information content (AvgIpc) is 3.38. The van der Waals surface area contributed by atoms with Crippen LogP contribution in [0, 0.1) is 17.8 Å². The Bertz CT molecular complexity index is 918. The topological polar surface area (TPSA) is 109 Å².